The van der Waals surface area contributed by atoms with Gasteiger partial charge in [0.1, 0.15) is 0 Å². The van der Waals surface area contributed by atoms with E-state index in [0.717, 1.165) is 11.5 Å². The minimum absolute atomic E-state index is 0.975. The molecule has 0 aliphatic rings. The van der Waals surface area contributed by atoms with Crippen LogP contribution in [0.1, 0.15) is 26.5 Å². The highest BCUT2D eigenvalue weighted by Crippen LogP contribution is 2.13. The van der Waals surface area contributed by atoms with Crippen molar-refractivity contribution in [2.45, 2.75) is 20.8 Å². The van der Waals surface area contributed by atoms with Crippen LogP contribution >= 0.6 is 0 Å². The minimum atomic E-state index is 0.975. The molecule has 0 aliphatic heterocycles. The predicted octanol–water partition coefficient (Wildman–Crippen LogP) is 2.54. The lowest BCUT2D eigenvalue weighted by atomic mass is 10.4. The fourth-order valence-corrected chi connectivity index (χ4v) is 0.943. The van der Waals surface area contributed by atoms with Gasteiger partial charge in [-0.1, -0.05) is 19.9 Å². The van der Waals surface area contributed by atoms with E-state index >= 15 is 0 Å². The molecule has 0 atom stereocenters. The molecule has 1 aromatic rings. The predicted molar refractivity (Wildman–Crippen MR) is 59.0 cm³/mol. The summed E-state index contributed by atoms with van der Waals surface area (Å²) in [5.41, 5.74) is 1.05. The van der Waals surface area contributed by atoms with E-state index in [4.69, 9.17) is 0 Å². The van der Waals surface area contributed by atoms with E-state index in [1.54, 1.807) is 6.33 Å². The second kappa shape index (κ2) is 6.29. The third-order valence-electron chi connectivity index (χ3n) is 1.40. The molecule has 0 aliphatic carbocycles. The number of rotatable bonds is 2. The lowest BCUT2D eigenvalue weighted by molar-refractivity contribution is 1.08. The summed E-state index contributed by atoms with van der Waals surface area (Å²) in [6, 6.07) is 0. The quantitative estimate of drug-likeness (QED) is 0.760. The van der Waals surface area contributed by atoms with Gasteiger partial charge in [0.15, 0.2) is 5.82 Å². The van der Waals surface area contributed by atoms with Gasteiger partial charge in [0.25, 0.3) is 0 Å². The Bertz CT molecular complexity index is 248. The molecule has 0 unspecified atom stereocenters. The Kier molecular flexibility index (Phi) is 5.68. The van der Waals surface area contributed by atoms with Crippen molar-refractivity contribution in [1.29, 1.82) is 0 Å². The number of nitrogens with zero attached hydrogens (tertiary/aromatic N) is 2. The molecule has 13 heavy (non-hydrogen) atoms. The summed E-state index contributed by atoms with van der Waals surface area (Å²) in [4.78, 5) is 9.18. The molecule has 74 valence electrons. The zero-order chi connectivity index (χ0) is 10.3. The Morgan fingerprint density at radius 3 is 2.46 bits per heavy atom. The maximum atomic E-state index is 4.15. The van der Waals surface area contributed by atoms with Crippen LogP contribution in [0.15, 0.2) is 12.4 Å². The third-order valence-corrected chi connectivity index (χ3v) is 1.40. The van der Waals surface area contributed by atoms with Crippen molar-refractivity contribution < 1.29 is 0 Å². The first-order valence-corrected chi connectivity index (χ1v) is 4.59. The summed E-state index contributed by atoms with van der Waals surface area (Å²) in [6.07, 6.45) is 5.69. The van der Waals surface area contributed by atoms with Crippen molar-refractivity contribution >= 4 is 11.9 Å². The largest absolute Gasteiger partial charge is 0.361 e. The van der Waals surface area contributed by atoms with Gasteiger partial charge < -0.3 is 9.88 Å². The summed E-state index contributed by atoms with van der Waals surface area (Å²) < 4.78 is 0. The molecule has 0 saturated carbocycles. The molecule has 0 aromatic carbocycles. The second-order valence-corrected chi connectivity index (χ2v) is 2.53. The van der Waals surface area contributed by atoms with Gasteiger partial charge in [0.05, 0.1) is 12.0 Å². The molecule has 1 rings (SSSR count). The fraction of sp³-hybridized carbons (Fsp3) is 0.500. The molecule has 0 bridgehead atoms. The summed E-state index contributed by atoms with van der Waals surface area (Å²) in [5.74, 6) is 0.975. The van der Waals surface area contributed by atoms with Crippen LogP contribution in [0, 0.1) is 0 Å². The van der Waals surface area contributed by atoms with E-state index in [1.807, 2.05) is 51.9 Å². The van der Waals surface area contributed by atoms with Crippen LogP contribution in [0.3, 0.4) is 0 Å². The number of H-pyrrole nitrogens is 1. The lowest BCUT2D eigenvalue weighted by Gasteiger charge is -2.08. The summed E-state index contributed by atoms with van der Waals surface area (Å²) in [6.45, 7) is 5.99. The third kappa shape index (κ3) is 3.32. The van der Waals surface area contributed by atoms with Crippen LogP contribution < -0.4 is 4.90 Å². The highest BCUT2D eigenvalue weighted by molar-refractivity contribution is 5.59. The molecule has 3 nitrogen and oxygen atoms in total. The SMILES string of the molecule is C/C=C\c1[nH]cnc1N(C)C.CC. The smallest absolute Gasteiger partial charge is 0.153 e. The number of nitrogens with one attached hydrogen (secondary N) is 1. The average molecular weight is 181 g/mol. The van der Waals surface area contributed by atoms with Crippen molar-refractivity contribution in [3.05, 3.63) is 18.1 Å². The first-order valence-electron chi connectivity index (χ1n) is 4.59. The highest BCUT2D eigenvalue weighted by Gasteiger charge is 2.02. The number of aromatic amines is 1. The number of imidazole rings is 1. The van der Waals surface area contributed by atoms with E-state index in [2.05, 4.69) is 9.97 Å². The molecular weight excluding hydrogens is 162 g/mol. The van der Waals surface area contributed by atoms with E-state index in [9.17, 15) is 0 Å². The van der Waals surface area contributed by atoms with E-state index < -0.39 is 0 Å². The second-order valence-electron chi connectivity index (χ2n) is 2.53. The first-order chi connectivity index (χ1) is 6.25. The van der Waals surface area contributed by atoms with E-state index in [1.165, 1.54) is 0 Å². The van der Waals surface area contributed by atoms with Gasteiger partial charge in [-0.3, -0.25) is 0 Å². The van der Waals surface area contributed by atoms with E-state index in [-0.39, 0.29) is 0 Å². The monoisotopic (exact) mass is 181 g/mol. The maximum absolute atomic E-state index is 4.15. The number of hydrogen-bond donors (Lipinski definition) is 1. The molecule has 1 aromatic heterocycles. The molecule has 0 radical (unpaired) electrons. The summed E-state index contributed by atoms with van der Waals surface area (Å²) in [5, 5.41) is 0. The highest BCUT2D eigenvalue weighted by atomic mass is 15.2. The van der Waals surface area contributed by atoms with Crippen LogP contribution in [0.5, 0.6) is 0 Å². The number of hydrogen-bond acceptors (Lipinski definition) is 2. The normalized spacial score (nSPS) is 9.62. The van der Waals surface area contributed by atoms with Crippen molar-refractivity contribution in [1.82, 2.24) is 9.97 Å². The van der Waals surface area contributed by atoms with Gasteiger partial charge >= 0.3 is 0 Å². The van der Waals surface area contributed by atoms with E-state index in [0.29, 0.717) is 0 Å². The Balaban J connectivity index is 0.000000671. The van der Waals surface area contributed by atoms with Crippen molar-refractivity contribution in [3.63, 3.8) is 0 Å². The Morgan fingerprint density at radius 2 is 2.00 bits per heavy atom. The Morgan fingerprint density at radius 1 is 1.38 bits per heavy atom. The molecule has 1 N–H and O–H groups in total. The molecule has 1 heterocycles. The molecule has 0 spiro atoms. The van der Waals surface area contributed by atoms with Gasteiger partial charge in [-0.15, -0.1) is 0 Å². The minimum Gasteiger partial charge on any atom is -0.361 e. The lowest BCUT2D eigenvalue weighted by Crippen LogP contribution is -2.10. The van der Waals surface area contributed by atoms with Crippen LogP contribution in [0.2, 0.25) is 0 Å². The van der Waals surface area contributed by atoms with Gasteiger partial charge in [0, 0.05) is 14.1 Å². The standard InChI is InChI=1S/C8H13N3.C2H6/c1-4-5-7-8(11(2)3)10-6-9-7;1-2/h4-6H,1-3H3,(H,9,10);1-2H3/b5-4-;. The topological polar surface area (TPSA) is 31.9 Å². The van der Waals surface area contributed by atoms with Gasteiger partial charge in [-0.25, -0.2) is 4.98 Å². The van der Waals surface area contributed by atoms with Crippen molar-refractivity contribution in [2.24, 2.45) is 0 Å². The van der Waals surface area contributed by atoms with Gasteiger partial charge in [-0.05, 0) is 13.0 Å². The summed E-state index contributed by atoms with van der Waals surface area (Å²) in [7, 11) is 3.95. The van der Waals surface area contributed by atoms with Crippen LogP contribution in [-0.4, -0.2) is 24.1 Å². The van der Waals surface area contributed by atoms with Crippen molar-refractivity contribution in [2.75, 3.05) is 19.0 Å². The zero-order valence-electron chi connectivity index (χ0n) is 9.13. The maximum Gasteiger partial charge on any atom is 0.153 e. The van der Waals surface area contributed by atoms with Gasteiger partial charge in [-0.2, -0.15) is 0 Å². The van der Waals surface area contributed by atoms with Gasteiger partial charge in [0.2, 0.25) is 0 Å². The Hall–Kier alpha value is -1.25. The molecular formula is C10H19N3. The fourth-order valence-electron chi connectivity index (χ4n) is 0.943. The molecule has 0 fully saturated rings. The molecule has 0 amide bonds. The molecule has 0 saturated heterocycles. The average Bonchev–Trinajstić information content (AvgIpc) is 2.57. The zero-order valence-corrected chi connectivity index (χ0v) is 9.13. The van der Waals surface area contributed by atoms with Crippen LogP contribution in [0.4, 0.5) is 5.82 Å². The first kappa shape index (κ1) is 11.8. The Labute approximate surface area is 80.5 Å². The van der Waals surface area contributed by atoms with Crippen LogP contribution in [0.25, 0.3) is 6.08 Å². The van der Waals surface area contributed by atoms with Crippen molar-refractivity contribution in [3.8, 4) is 0 Å². The molecule has 3 heteroatoms. The number of aromatic nitrogens is 2. The van der Waals surface area contributed by atoms with Crippen LogP contribution in [-0.2, 0) is 0 Å². The number of allylic oxidation sites excluding steroid dienone is 1. The summed E-state index contributed by atoms with van der Waals surface area (Å²) >= 11 is 0. The number of anilines is 1.